The van der Waals surface area contributed by atoms with E-state index in [1.54, 1.807) is 6.07 Å². The van der Waals surface area contributed by atoms with E-state index in [1.165, 1.54) is 53.9 Å². The molecule has 184 valence electrons. The highest BCUT2D eigenvalue weighted by Gasteiger charge is 2.27. The largest absolute Gasteiger partial charge is 0.493 e. The summed E-state index contributed by atoms with van der Waals surface area (Å²) in [6.45, 7) is 2.11. The van der Waals surface area contributed by atoms with Crippen molar-refractivity contribution in [1.29, 1.82) is 0 Å². The first kappa shape index (κ1) is 25.6. The Kier molecular flexibility index (Phi) is 8.59. The van der Waals surface area contributed by atoms with Crippen LogP contribution in [0.2, 0.25) is 0 Å². The lowest BCUT2D eigenvalue weighted by molar-refractivity contribution is -0.111. The number of anilines is 1. The lowest BCUT2D eigenvalue weighted by Gasteiger charge is -2.33. The molecule has 0 bridgehead atoms. The van der Waals surface area contributed by atoms with Crippen LogP contribution in [-0.4, -0.2) is 70.0 Å². The minimum Gasteiger partial charge on any atom is -0.493 e. The molecule has 11 heteroatoms. The van der Waals surface area contributed by atoms with Crippen molar-refractivity contribution in [2.75, 3.05) is 45.2 Å². The van der Waals surface area contributed by atoms with Gasteiger partial charge in [-0.1, -0.05) is 19.1 Å². The second-order valence-corrected chi connectivity index (χ2v) is 9.38. The maximum atomic E-state index is 12.9. The number of sulfonamides is 1. The van der Waals surface area contributed by atoms with Gasteiger partial charge in [0.05, 0.1) is 12.0 Å². The number of para-hydroxylation sites is 1. The third-order valence-corrected chi connectivity index (χ3v) is 7.30. The highest BCUT2D eigenvalue weighted by Crippen LogP contribution is 2.33. The smallest absolute Gasteiger partial charge is 0.387 e. The van der Waals surface area contributed by atoms with Gasteiger partial charge in [-0.15, -0.1) is 0 Å². The van der Waals surface area contributed by atoms with Crippen molar-refractivity contribution in [2.24, 2.45) is 0 Å². The van der Waals surface area contributed by atoms with Crippen molar-refractivity contribution in [2.45, 2.75) is 18.4 Å². The number of rotatable bonds is 9. The minimum atomic E-state index is -3.61. The van der Waals surface area contributed by atoms with E-state index in [2.05, 4.69) is 15.0 Å². The molecule has 1 fully saturated rings. The number of methoxy groups -OCH3 is 1. The van der Waals surface area contributed by atoms with Gasteiger partial charge in [0.1, 0.15) is 0 Å². The molecule has 8 nitrogen and oxygen atoms in total. The van der Waals surface area contributed by atoms with Gasteiger partial charge >= 0.3 is 6.61 Å². The van der Waals surface area contributed by atoms with Gasteiger partial charge in [-0.3, -0.25) is 4.79 Å². The zero-order valence-corrected chi connectivity index (χ0v) is 19.7. The molecule has 0 spiro atoms. The molecule has 0 aromatic heterocycles. The van der Waals surface area contributed by atoms with Crippen molar-refractivity contribution in [3.8, 4) is 11.5 Å². The first-order chi connectivity index (χ1) is 16.2. The molecular formula is C23H27F2N3O5S. The Morgan fingerprint density at radius 2 is 1.79 bits per heavy atom. The number of nitrogens with one attached hydrogen (secondary N) is 1. The van der Waals surface area contributed by atoms with Crippen LogP contribution >= 0.6 is 0 Å². The Labute approximate surface area is 197 Å². The number of alkyl halides is 2. The number of carbonyl (C=O) groups is 1. The summed E-state index contributed by atoms with van der Waals surface area (Å²) in [7, 11) is -2.29. The first-order valence-corrected chi connectivity index (χ1v) is 12.1. The fourth-order valence-electron chi connectivity index (χ4n) is 3.53. The fraction of sp³-hybridized carbons (Fsp3) is 0.348. The molecule has 1 saturated heterocycles. The van der Waals surface area contributed by atoms with Crippen molar-refractivity contribution in [1.82, 2.24) is 9.21 Å². The molecular weight excluding hydrogens is 468 g/mol. The lowest BCUT2D eigenvalue weighted by Crippen LogP contribution is -2.48. The summed E-state index contributed by atoms with van der Waals surface area (Å²) in [5.74, 6) is -0.605. The predicted molar refractivity (Wildman–Crippen MR) is 125 cm³/mol. The second kappa shape index (κ2) is 11.4. The summed E-state index contributed by atoms with van der Waals surface area (Å²) < 4.78 is 62.2. The van der Waals surface area contributed by atoms with Crippen LogP contribution in [0.1, 0.15) is 12.5 Å². The highest BCUT2D eigenvalue weighted by atomic mass is 32.2. The van der Waals surface area contributed by atoms with Gasteiger partial charge in [0.25, 0.3) is 0 Å². The Hall–Kier alpha value is -3.02. The van der Waals surface area contributed by atoms with E-state index in [0.717, 1.165) is 12.6 Å². The fourth-order valence-corrected chi connectivity index (χ4v) is 4.96. The number of hydrogen-bond donors (Lipinski definition) is 1. The summed E-state index contributed by atoms with van der Waals surface area (Å²) in [5, 5.41) is 2.61. The van der Waals surface area contributed by atoms with Crippen molar-refractivity contribution >= 4 is 27.7 Å². The number of ether oxygens (including phenoxy) is 2. The summed E-state index contributed by atoms with van der Waals surface area (Å²) in [5.41, 5.74) is 0.624. The van der Waals surface area contributed by atoms with E-state index in [1.807, 2.05) is 6.92 Å². The van der Waals surface area contributed by atoms with Crippen LogP contribution in [0.4, 0.5) is 14.5 Å². The Balaban J connectivity index is 1.66. The van der Waals surface area contributed by atoms with Crippen LogP contribution in [0, 0.1) is 0 Å². The van der Waals surface area contributed by atoms with Crippen LogP contribution in [0.5, 0.6) is 11.5 Å². The summed E-state index contributed by atoms with van der Waals surface area (Å²) in [6, 6.07) is 10.4. The van der Waals surface area contributed by atoms with Gasteiger partial charge in [0.15, 0.2) is 11.5 Å². The molecule has 1 aliphatic heterocycles. The van der Waals surface area contributed by atoms with Crippen LogP contribution in [0.15, 0.2) is 53.4 Å². The number of piperazine rings is 1. The van der Waals surface area contributed by atoms with Crippen LogP contribution in [0.3, 0.4) is 0 Å². The average molecular weight is 496 g/mol. The molecule has 3 rings (SSSR count). The minimum absolute atomic E-state index is 0.107. The molecule has 2 aromatic carbocycles. The average Bonchev–Trinajstić information content (AvgIpc) is 2.83. The zero-order valence-electron chi connectivity index (χ0n) is 18.9. The third kappa shape index (κ3) is 6.31. The molecule has 1 heterocycles. The van der Waals surface area contributed by atoms with E-state index < -0.39 is 22.5 Å². The molecule has 1 N–H and O–H groups in total. The SMILES string of the molecule is CCN1CCN(S(=O)(=O)c2ccc(NC(=O)C=Cc3cccc(OC)c3OC(F)F)cc2)CC1. The van der Waals surface area contributed by atoms with Crippen molar-refractivity contribution in [3.05, 3.63) is 54.1 Å². The molecule has 0 unspecified atom stereocenters. The maximum Gasteiger partial charge on any atom is 0.387 e. The zero-order chi connectivity index (χ0) is 24.7. The maximum absolute atomic E-state index is 12.9. The Morgan fingerprint density at radius 3 is 2.38 bits per heavy atom. The summed E-state index contributed by atoms with van der Waals surface area (Å²) in [4.78, 5) is 14.6. The van der Waals surface area contributed by atoms with E-state index in [4.69, 9.17) is 4.74 Å². The molecule has 0 radical (unpaired) electrons. The molecule has 0 atom stereocenters. The Bertz CT molecular complexity index is 1120. The molecule has 1 aliphatic rings. The monoisotopic (exact) mass is 495 g/mol. The molecule has 0 saturated carbocycles. The molecule has 2 aromatic rings. The predicted octanol–water partition coefficient (Wildman–Crippen LogP) is 3.27. The van der Waals surface area contributed by atoms with E-state index in [9.17, 15) is 22.0 Å². The van der Waals surface area contributed by atoms with Crippen molar-refractivity contribution < 1.29 is 31.5 Å². The summed E-state index contributed by atoms with van der Waals surface area (Å²) >= 11 is 0. The normalized spacial score (nSPS) is 15.6. The molecule has 1 amide bonds. The van der Waals surface area contributed by atoms with Crippen molar-refractivity contribution in [3.63, 3.8) is 0 Å². The van der Waals surface area contributed by atoms with E-state index in [-0.39, 0.29) is 22.0 Å². The quantitative estimate of drug-likeness (QED) is 0.538. The number of likely N-dealkylation sites (N-methyl/N-ethyl adjacent to an activating group) is 1. The van der Waals surface area contributed by atoms with Gasteiger partial charge in [-0.2, -0.15) is 13.1 Å². The number of amides is 1. The number of benzene rings is 2. The van der Waals surface area contributed by atoms with E-state index >= 15 is 0 Å². The van der Waals surface area contributed by atoms with Gasteiger partial charge < -0.3 is 19.7 Å². The van der Waals surface area contributed by atoms with Gasteiger partial charge in [0, 0.05) is 43.5 Å². The van der Waals surface area contributed by atoms with Gasteiger partial charge in [0.2, 0.25) is 15.9 Å². The van der Waals surface area contributed by atoms with Gasteiger partial charge in [-0.05, 0) is 43.0 Å². The van der Waals surface area contributed by atoms with Crippen LogP contribution in [-0.2, 0) is 14.8 Å². The third-order valence-electron chi connectivity index (χ3n) is 5.39. The first-order valence-electron chi connectivity index (χ1n) is 10.7. The summed E-state index contributed by atoms with van der Waals surface area (Å²) in [6.07, 6.45) is 2.48. The number of carbonyl (C=O) groups excluding carboxylic acids is 1. The van der Waals surface area contributed by atoms with E-state index in [0.29, 0.717) is 31.9 Å². The number of halogens is 2. The van der Waals surface area contributed by atoms with Crippen LogP contribution < -0.4 is 14.8 Å². The van der Waals surface area contributed by atoms with Crippen LogP contribution in [0.25, 0.3) is 6.08 Å². The highest BCUT2D eigenvalue weighted by molar-refractivity contribution is 7.89. The molecule has 34 heavy (non-hydrogen) atoms. The number of hydrogen-bond acceptors (Lipinski definition) is 6. The van der Waals surface area contributed by atoms with Gasteiger partial charge in [-0.25, -0.2) is 8.42 Å². The number of nitrogens with zero attached hydrogens (tertiary/aromatic N) is 2. The Morgan fingerprint density at radius 1 is 1.12 bits per heavy atom. The second-order valence-electron chi connectivity index (χ2n) is 7.44. The standard InChI is InChI=1S/C23H27F2N3O5S/c1-3-27-13-15-28(16-14-27)34(30,31)19-10-8-18(9-11-19)26-21(29)12-7-17-5-4-6-20(32-2)22(17)33-23(24)25/h4-12,23H,3,13-16H2,1-2H3,(H,26,29). The topological polar surface area (TPSA) is 88.2 Å². The molecule has 0 aliphatic carbocycles. The lowest BCUT2D eigenvalue weighted by atomic mass is 10.1.